The van der Waals surface area contributed by atoms with E-state index in [1.54, 1.807) is 11.3 Å². The predicted octanol–water partition coefficient (Wildman–Crippen LogP) is 2.98. The molecule has 2 fully saturated rings. The summed E-state index contributed by atoms with van der Waals surface area (Å²) in [4.78, 5) is 13.0. The molecule has 1 aromatic heterocycles. The van der Waals surface area contributed by atoms with E-state index in [1.807, 2.05) is 17.5 Å². The Labute approximate surface area is 129 Å². The SMILES string of the molecule is O=C(NC[C@@](O)(c1cccs1)C1CC1)NC1CCCCC1. The fourth-order valence-electron chi connectivity index (χ4n) is 3.22. The Morgan fingerprint density at radius 3 is 2.67 bits per heavy atom. The van der Waals surface area contributed by atoms with E-state index in [0.717, 1.165) is 30.6 Å². The van der Waals surface area contributed by atoms with Gasteiger partial charge in [0.1, 0.15) is 5.60 Å². The van der Waals surface area contributed by atoms with Crippen LogP contribution in [0.1, 0.15) is 49.8 Å². The first-order valence-electron chi connectivity index (χ1n) is 7.99. The van der Waals surface area contributed by atoms with Gasteiger partial charge in [0.05, 0.1) is 6.54 Å². The maximum atomic E-state index is 12.0. The summed E-state index contributed by atoms with van der Waals surface area (Å²) in [5.41, 5.74) is -0.891. The summed E-state index contributed by atoms with van der Waals surface area (Å²) in [7, 11) is 0. The Morgan fingerprint density at radius 1 is 1.29 bits per heavy atom. The molecule has 1 aromatic rings. The Hall–Kier alpha value is -1.07. The smallest absolute Gasteiger partial charge is 0.315 e. The summed E-state index contributed by atoms with van der Waals surface area (Å²) in [6, 6.07) is 4.08. The van der Waals surface area contributed by atoms with Gasteiger partial charge in [-0.15, -0.1) is 11.3 Å². The van der Waals surface area contributed by atoms with Crippen molar-refractivity contribution in [1.82, 2.24) is 10.6 Å². The second-order valence-corrected chi connectivity index (χ2v) is 7.29. The van der Waals surface area contributed by atoms with Crippen molar-refractivity contribution in [3.63, 3.8) is 0 Å². The second kappa shape index (κ2) is 6.36. The summed E-state index contributed by atoms with van der Waals surface area (Å²) in [5.74, 6) is 0.283. The zero-order valence-electron chi connectivity index (χ0n) is 12.3. The summed E-state index contributed by atoms with van der Waals surface area (Å²) in [6.45, 7) is 0.302. The topological polar surface area (TPSA) is 61.4 Å². The van der Waals surface area contributed by atoms with Crippen LogP contribution in [0.4, 0.5) is 4.79 Å². The van der Waals surface area contributed by atoms with Gasteiger partial charge < -0.3 is 15.7 Å². The maximum absolute atomic E-state index is 12.0. The van der Waals surface area contributed by atoms with Crippen LogP contribution < -0.4 is 10.6 Å². The van der Waals surface area contributed by atoms with Gasteiger partial charge in [-0.2, -0.15) is 0 Å². The lowest BCUT2D eigenvalue weighted by Crippen LogP contribution is -2.48. The van der Waals surface area contributed by atoms with Crippen molar-refractivity contribution in [2.24, 2.45) is 5.92 Å². The monoisotopic (exact) mass is 308 g/mol. The molecule has 0 radical (unpaired) electrons. The van der Waals surface area contributed by atoms with Gasteiger partial charge in [0.2, 0.25) is 0 Å². The number of amides is 2. The fraction of sp³-hybridized carbons (Fsp3) is 0.688. The molecular formula is C16H24N2O2S. The first-order valence-corrected chi connectivity index (χ1v) is 8.87. The molecule has 0 aromatic carbocycles. The van der Waals surface area contributed by atoms with Crippen molar-refractivity contribution in [1.29, 1.82) is 0 Å². The molecule has 0 saturated heterocycles. The van der Waals surface area contributed by atoms with Crippen LogP contribution in [0.5, 0.6) is 0 Å². The molecule has 1 atom stereocenters. The number of nitrogens with one attached hydrogen (secondary N) is 2. The van der Waals surface area contributed by atoms with Crippen molar-refractivity contribution >= 4 is 17.4 Å². The van der Waals surface area contributed by atoms with Crippen molar-refractivity contribution in [2.75, 3.05) is 6.54 Å². The van der Waals surface area contributed by atoms with Crippen LogP contribution in [0.15, 0.2) is 17.5 Å². The number of hydrogen-bond donors (Lipinski definition) is 3. The van der Waals surface area contributed by atoms with Crippen molar-refractivity contribution in [2.45, 2.75) is 56.6 Å². The average molecular weight is 308 g/mol. The van der Waals surface area contributed by atoms with Crippen LogP contribution in [0.3, 0.4) is 0 Å². The van der Waals surface area contributed by atoms with Gasteiger partial charge in [0.15, 0.2) is 0 Å². The number of carbonyl (C=O) groups excluding carboxylic acids is 1. The van der Waals surface area contributed by atoms with Crippen molar-refractivity contribution in [3.8, 4) is 0 Å². The van der Waals surface area contributed by atoms with Gasteiger partial charge >= 0.3 is 6.03 Å². The van der Waals surface area contributed by atoms with E-state index in [2.05, 4.69) is 10.6 Å². The Morgan fingerprint density at radius 2 is 2.05 bits per heavy atom. The van der Waals surface area contributed by atoms with Crippen LogP contribution in [-0.2, 0) is 5.60 Å². The highest BCUT2D eigenvalue weighted by Crippen LogP contribution is 2.46. The summed E-state index contributed by atoms with van der Waals surface area (Å²) >= 11 is 1.56. The van der Waals surface area contributed by atoms with Crippen LogP contribution in [-0.4, -0.2) is 23.7 Å². The van der Waals surface area contributed by atoms with Crippen LogP contribution in [0, 0.1) is 5.92 Å². The molecule has 0 bridgehead atoms. The van der Waals surface area contributed by atoms with Crippen LogP contribution in [0.25, 0.3) is 0 Å². The average Bonchev–Trinajstić information content (AvgIpc) is 3.21. The summed E-state index contributed by atoms with van der Waals surface area (Å²) in [5, 5.41) is 18.8. The van der Waals surface area contributed by atoms with E-state index in [0.29, 0.717) is 12.6 Å². The number of aliphatic hydroxyl groups is 1. The molecule has 21 heavy (non-hydrogen) atoms. The number of thiophene rings is 1. The van der Waals surface area contributed by atoms with Gasteiger partial charge in [-0.3, -0.25) is 0 Å². The van der Waals surface area contributed by atoms with Crippen LogP contribution >= 0.6 is 11.3 Å². The Kier molecular flexibility index (Phi) is 4.50. The molecule has 5 heteroatoms. The Balaban J connectivity index is 1.53. The first-order chi connectivity index (χ1) is 10.2. The quantitative estimate of drug-likeness (QED) is 0.783. The number of hydrogen-bond acceptors (Lipinski definition) is 3. The first kappa shape index (κ1) is 14.9. The molecule has 1 heterocycles. The second-order valence-electron chi connectivity index (χ2n) is 6.34. The molecule has 2 saturated carbocycles. The molecule has 3 rings (SSSR count). The fourth-order valence-corrected chi connectivity index (χ4v) is 4.12. The minimum atomic E-state index is -0.891. The standard InChI is InChI=1S/C16H24N2O2S/c19-15(18-13-5-2-1-3-6-13)17-11-16(20,12-8-9-12)14-7-4-10-21-14/h4,7,10,12-13,20H,1-3,5-6,8-9,11H2,(H2,17,18,19)/t16-/m0/s1. The molecule has 3 N–H and O–H groups in total. The van der Waals surface area contributed by atoms with E-state index in [9.17, 15) is 9.90 Å². The van der Waals surface area contributed by atoms with E-state index < -0.39 is 5.60 Å². The molecule has 0 aliphatic heterocycles. The van der Waals surface area contributed by atoms with Crippen molar-refractivity contribution in [3.05, 3.63) is 22.4 Å². The molecule has 2 amide bonds. The molecular weight excluding hydrogens is 284 g/mol. The van der Waals surface area contributed by atoms with Gasteiger partial charge in [-0.05, 0) is 43.0 Å². The van der Waals surface area contributed by atoms with Crippen molar-refractivity contribution < 1.29 is 9.90 Å². The zero-order valence-corrected chi connectivity index (χ0v) is 13.1. The molecule has 0 unspecified atom stereocenters. The van der Waals surface area contributed by atoms with Gasteiger partial charge in [0.25, 0.3) is 0 Å². The Bertz CT molecular complexity index is 467. The third-order valence-electron chi connectivity index (χ3n) is 4.66. The molecule has 4 nitrogen and oxygen atoms in total. The van der Waals surface area contributed by atoms with Gasteiger partial charge in [-0.25, -0.2) is 4.79 Å². The normalized spacial score (nSPS) is 22.5. The van der Waals surface area contributed by atoms with Gasteiger partial charge in [-0.1, -0.05) is 25.3 Å². The largest absolute Gasteiger partial charge is 0.382 e. The van der Waals surface area contributed by atoms with E-state index in [1.165, 1.54) is 19.3 Å². The lowest BCUT2D eigenvalue weighted by molar-refractivity contribution is 0.0194. The summed E-state index contributed by atoms with van der Waals surface area (Å²) in [6.07, 6.45) is 7.91. The number of rotatable bonds is 5. The number of carbonyl (C=O) groups is 1. The third-order valence-corrected chi connectivity index (χ3v) is 5.70. The zero-order chi connectivity index (χ0) is 14.7. The minimum Gasteiger partial charge on any atom is -0.382 e. The maximum Gasteiger partial charge on any atom is 0.315 e. The van der Waals surface area contributed by atoms with E-state index in [-0.39, 0.29) is 11.9 Å². The molecule has 2 aliphatic rings. The molecule has 116 valence electrons. The molecule has 2 aliphatic carbocycles. The minimum absolute atomic E-state index is 0.141. The lowest BCUT2D eigenvalue weighted by Gasteiger charge is -2.28. The van der Waals surface area contributed by atoms with E-state index >= 15 is 0 Å². The van der Waals surface area contributed by atoms with Gasteiger partial charge in [0, 0.05) is 10.9 Å². The van der Waals surface area contributed by atoms with E-state index in [4.69, 9.17) is 0 Å². The molecule has 0 spiro atoms. The van der Waals surface area contributed by atoms with Crippen LogP contribution in [0.2, 0.25) is 0 Å². The predicted molar refractivity (Wildman–Crippen MR) is 84.3 cm³/mol. The third kappa shape index (κ3) is 3.58. The lowest BCUT2D eigenvalue weighted by atomic mass is 9.95. The highest BCUT2D eigenvalue weighted by atomic mass is 32.1. The highest BCUT2D eigenvalue weighted by molar-refractivity contribution is 7.10. The number of urea groups is 1. The highest BCUT2D eigenvalue weighted by Gasteiger charge is 2.46. The summed E-state index contributed by atoms with van der Waals surface area (Å²) < 4.78 is 0.